The minimum atomic E-state index is -0.0327. The van der Waals surface area contributed by atoms with Crippen molar-refractivity contribution in [3.05, 3.63) is 163 Å². The molecule has 0 saturated carbocycles. The highest BCUT2D eigenvalue weighted by Gasteiger charge is 2.45. The molecule has 210 valence electrons. The Bertz CT molecular complexity index is 1910. The first-order valence-electron chi connectivity index (χ1n) is 15.2. The van der Waals surface area contributed by atoms with Crippen molar-refractivity contribution in [2.75, 3.05) is 4.90 Å². The van der Waals surface area contributed by atoms with Crippen LogP contribution in [0.2, 0.25) is 0 Å². The van der Waals surface area contributed by atoms with Gasteiger partial charge in [0.05, 0.1) is 5.69 Å². The fourth-order valence-corrected chi connectivity index (χ4v) is 6.77. The Morgan fingerprint density at radius 3 is 1.67 bits per heavy atom. The molecule has 0 aliphatic heterocycles. The number of benzene rings is 6. The summed E-state index contributed by atoms with van der Waals surface area (Å²) in [6.45, 7) is 9.59. The highest BCUT2D eigenvalue weighted by molar-refractivity contribution is 5.89. The molecule has 0 amide bonds. The quantitative estimate of drug-likeness (QED) is 0.204. The van der Waals surface area contributed by atoms with Gasteiger partial charge in [-0.3, -0.25) is 0 Å². The summed E-state index contributed by atoms with van der Waals surface area (Å²) in [5.74, 6) is 0. The van der Waals surface area contributed by atoms with Crippen molar-refractivity contribution in [1.29, 1.82) is 0 Å². The van der Waals surface area contributed by atoms with Gasteiger partial charge in [0, 0.05) is 16.9 Å². The summed E-state index contributed by atoms with van der Waals surface area (Å²) in [7, 11) is 0. The van der Waals surface area contributed by atoms with E-state index in [0.717, 1.165) is 17.1 Å². The lowest BCUT2D eigenvalue weighted by Crippen LogP contribution is -2.43. The molecular formula is C42H37N. The Hall–Kier alpha value is -4.88. The van der Waals surface area contributed by atoms with E-state index in [4.69, 9.17) is 0 Å². The molecule has 0 radical (unpaired) electrons. The Kier molecular flexibility index (Phi) is 6.55. The first-order valence-corrected chi connectivity index (χ1v) is 15.2. The van der Waals surface area contributed by atoms with Crippen molar-refractivity contribution in [2.24, 2.45) is 0 Å². The summed E-state index contributed by atoms with van der Waals surface area (Å²) < 4.78 is 0. The summed E-state index contributed by atoms with van der Waals surface area (Å²) >= 11 is 0. The molecule has 0 N–H and O–H groups in total. The maximum absolute atomic E-state index is 2.44. The van der Waals surface area contributed by atoms with E-state index in [1.54, 1.807) is 0 Å². The molecule has 0 fully saturated rings. The summed E-state index contributed by atoms with van der Waals surface area (Å²) in [5.41, 5.74) is 13.8. The molecule has 0 saturated heterocycles. The standard InChI is InChI=1S/C42H37N/c1-41(2)38-24-13-11-23-36(38)37-27-26-32(29-39(37)42(41,3)4)31-18-15-21-34(28-31)43(33-19-9-6-10-20-33)40-25-14-12-22-35(40)30-16-7-5-8-17-30/h5-29H,1-4H3. The van der Waals surface area contributed by atoms with Gasteiger partial charge in [-0.2, -0.15) is 0 Å². The van der Waals surface area contributed by atoms with Crippen molar-refractivity contribution in [1.82, 2.24) is 0 Å². The van der Waals surface area contributed by atoms with Crippen LogP contribution in [0, 0.1) is 0 Å². The summed E-state index contributed by atoms with van der Waals surface area (Å²) in [5, 5.41) is 0. The van der Waals surface area contributed by atoms with Crippen molar-refractivity contribution in [2.45, 2.75) is 38.5 Å². The third kappa shape index (κ3) is 4.48. The minimum Gasteiger partial charge on any atom is -0.310 e. The fraction of sp³-hybridized carbons (Fsp3) is 0.143. The number of hydrogen-bond acceptors (Lipinski definition) is 1. The molecule has 0 spiro atoms. The maximum Gasteiger partial charge on any atom is 0.0540 e. The van der Waals surface area contributed by atoms with Crippen LogP contribution in [0.25, 0.3) is 33.4 Å². The normalized spacial score (nSPS) is 14.4. The zero-order chi connectivity index (χ0) is 29.6. The lowest BCUT2D eigenvalue weighted by Gasteiger charge is -2.48. The summed E-state index contributed by atoms with van der Waals surface area (Å²) in [4.78, 5) is 2.38. The Morgan fingerprint density at radius 1 is 0.372 bits per heavy atom. The number of rotatable bonds is 5. The smallest absolute Gasteiger partial charge is 0.0540 e. The van der Waals surface area contributed by atoms with Crippen LogP contribution in [-0.2, 0) is 10.8 Å². The molecule has 6 aromatic rings. The van der Waals surface area contributed by atoms with Crippen LogP contribution in [0.15, 0.2) is 152 Å². The molecule has 0 unspecified atom stereocenters. The van der Waals surface area contributed by atoms with E-state index in [2.05, 4.69) is 184 Å². The van der Waals surface area contributed by atoms with Crippen molar-refractivity contribution >= 4 is 17.1 Å². The predicted molar refractivity (Wildman–Crippen MR) is 183 cm³/mol. The van der Waals surface area contributed by atoms with Crippen LogP contribution >= 0.6 is 0 Å². The van der Waals surface area contributed by atoms with E-state index in [1.165, 1.54) is 44.5 Å². The van der Waals surface area contributed by atoms with Gasteiger partial charge in [-0.1, -0.05) is 143 Å². The summed E-state index contributed by atoms with van der Waals surface area (Å²) in [6, 6.07) is 55.1. The molecule has 1 nitrogen and oxygen atoms in total. The maximum atomic E-state index is 2.44. The van der Waals surface area contributed by atoms with Gasteiger partial charge in [0.25, 0.3) is 0 Å². The van der Waals surface area contributed by atoms with Crippen LogP contribution in [0.3, 0.4) is 0 Å². The molecule has 43 heavy (non-hydrogen) atoms. The van der Waals surface area contributed by atoms with Crippen LogP contribution < -0.4 is 4.90 Å². The van der Waals surface area contributed by atoms with Crippen LogP contribution in [0.1, 0.15) is 38.8 Å². The van der Waals surface area contributed by atoms with Crippen LogP contribution in [-0.4, -0.2) is 0 Å². The number of fused-ring (bicyclic) bond motifs is 3. The zero-order valence-electron chi connectivity index (χ0n) is 25.4. The largest absolute Gasteiger partial charge is 0.310 e. The first-order chi connectivity index (χ1) is 20.9. The molecule has 0 bridgehead atoms. The van der Waals surface area contributed by atoms with Gasteiger partial charge < -0.3 is 4.90 Å². The van der Waals surface area contributed by atoms with Gasteiger partial charge in [0.1, 0.15) is 0 Å². The zero-order valence-corrected chi connectivity index (χ0v) is 25.4. The van der Waals surface area contributed by atoms with Crippen LogP contribution in [0.5, 0.6) is 0 Å². The number of anilines is 3. The minimum absolute atomic E-state index is 0.00230. The second-order valence-corrected chi connectivity index (χ2v) is 12.7. The van der Waals surface area contributed by atoms with Crippen molar-refractivity contribution in [3.63, 3.8) is 0 Å². The molecule has 0 heterocycles. The Labute approximate surface area is 256 Å². The predicted octanol–water partition coefficient (Wildman–Crippen LogP) is 11.7. The van der Waals surface area contributed by atoms with Crippen LogP contribution in [0.4, 0.5) is 17.1 Å². The fourth-order valence-electron chi connectivity index (χ4n) is 6.77. The molecule has 0 aromatic heterocycles. The highest BCUT2D eigenvalue weighted by atomic mass is 15.1. The molecule has 1 aliphatic carbocycles. The number of para-hydroxylation sites is 2. The second kappa shape index (κ2) is 10.4. The lowest BCUT2D eigenvalue weighted by molar-refractivity contribution is 0.299. The molecule has 7 rings (SSSR count). The molecular weight excluding hydrogens is 518 g/mol. The van der Waals surface area contributed by atoms with E-state index in [0.29, 0.717) is 0 Å². The van der Waals surface area contributed by atoms with E-state index in [1.807, 2.05) is 0 Å². The number of nitrogens with zero attached hydrogens (tertiary/aromatic N) is 1. The monoisotopic (exact) mass is 555 g/mol. The van der Waals surface area contributed by atoms with E-state index >= 15 is 0 Å². The van der Waals surface area contributed by atoms with E-state index in [-0.39, 0.29) is 10.8 Å². The van der Waals surface area contributed by atoms with Gasteiger partial charge in [0.2, 0.25) is 0 Å². The van der Waals surface area contributed by atoms with E-state index in [9.17, 15) is 0 Å². The molecule has 0 atom stereocenters. The average Bonchev–Trinajstić information content (AvgIpc) is 3.05. The third-order valence-electron chi connectivity index (χ3n) is 9.83. The Balaban J connectivity index is 1.38. The molecule has 1 aliphatic rings. The third-order valence-corrected chi connectivity index (χ3v) is 9.83. The number of hydrogen-bond donors (Lipinski definition) is 0. The average molecular weight is 556 g/mol. The van der Waals surface area contributed by atoms with Crippen molar-refractivity contribution < 1.29 is 0 Å². The van der Waals surface area contributed by atoms with Gasteiger partial charge in [-0.15, -0.1) is 0 Å². The molecule has 6 aromatic carbocycles. The first kappa shape index (κ1) is 27.0. The summed E-state index contributed by atoms with van der Waals surface area (Å²) in [6.07, 6.45) is 0. The highest BCUT2D eigenvalue weighted by Crippen LogP contribution is 2.54. The Morgan fingerprint density at radius 2 is 0.907 bits per heavy atom. The van der Waals surface area contributed by atoms with Gasteiger partial charge >= 0.3 is 0 Å². The topological polar surface area (TPSA) is 3.24 Å². The lowest BCUT2D eigenvalue weighted by atomic mass is 9.55. The second-order valence-electron chi connectivity index (χ2n) is 12.7. The SMILES string of the molecule is CC1(C)c2ccccc2-c2ccc(-c3cccc(N(c4ccccc4)c4ccccc4-c4ccccc4)c3)cc2C1(C)C. The van der Waals surface area contributed by atoms with Gasteiger partial charge in [-0.25, -0.2) is 0 Å². The molecule has 1 heteroatoms. The van der Waals surface area contributed by atoms with Gasteiger partial charge in [-0.05, 0) is 86.2 Å². The van der Waals surface area contributed by atoms with Crippen molar-refractivity contribution in [3.8, 4) is 33.4 Å². The van der Waals surface area contributed by atoms with Gasteiger partial charge in [0.15, 0.2) is 0 Å². The van der Waals surface area contributed by atoms with E-state index < -0.39 is 0 Å².